The summed E-state index contributed by atoms with van der Waals surface area (Å²) < 4.78 is 8.51. The molecule has 0 bridgehead atoms. The molecule has 0 aliphatic heterocycles. The van der Waals surface area contributed by atoms with Gasteiger partial charge in [-0.1, -0.05) is 18.2 Å². The van der Waals surface area contributed by atoms with Crippen LogP contribution >= 0.6 is 8.69 Å². The molecule has 3 N–H and O–H groups in total. The summed E-state index contributed by atoms with van der Waals surface area (Å²) in [6.07, 6.45) is 0. The Kier molecular flexibility index (Phi) is 5.63. The normalized spacial score (nSPS) is 8.10. The molecule has 0 aromatic heterocycles. The first kappa shape index (κ1) is 9.08. The van der Waals surface area contributed by atoms with Crippen LogP contribution in [-0.4, -0.2) is 4.89 Å². The Labute approximate surface area is 60.8 Å². The summed E-state index contributed by atoms with van der Waals surface area (Å²) in [5.74, 6) is 0. The number of nitrogens with two attached hydrogens (primary N) is 1. The van der Waals surface area contributed by atoms with E-state index in [-0.39, 0.29) is 0 Å². The highest BCUT2D eigenvalue weighted by Gasteiger charge is 1.72. The summed E-state index contributed by atoms with van der Waals surface area (Å²) >= 11 is 0. The number of hydrogen-bond donors (Lipinski definition) is 2. The van der Waals surface area contributed by atoms with Crippen molar-refractivity contribution in [3.05, 3.63) is 30.3 Å². The molecule has 1 unspecified atom stereocenters. The second kappa shape index (κ2) is 6.20. The van der Waals surface area contributed by atoms with Crippen molar-refractivity contribution in [3.8, 4) is 0 Å². The largest absolute Gasteiger partial charge is 0.491 e. The maximum absolute atomic E-state index is 8.51. The maximum Gasteiger partial charge on any atom is 0.491 e. The van der Waals surface area contributed by atoms with Gasteiger partial charge in [0, 0.05) is 5.69 Å². The first-order valence-electron chi connectivity index (χ1n) is 2.63. The molecular weight excluding hydrogens is 149 g/mol. The Morgan fingerprint density at radius 2 is 1.70 bits per heavy atom. The van der Waals surface area contributed by atoms with Crippen LogP contribution in [0.15, 0.2) is 30.3 Å². The minimum absolute atomic E-state index is 0.822. The monoisotopic (exact) mass is 158 g/mol. The molecule has 0 spiro atoms. The van der Waals surface area contributed by atoms with Gasteiger partial charge in [-0.2, -0.15) is 4.89 Å². The first-order valence-corrected chi connectivity index (χ1v) is 3.48. The Balaban J connectivity index is 0.000000236. The zero-order chi connectivity index (χ0) is 7.82. The van der Waals surface area contributed by atoms with Gasteiger partial charge in [0.2, 0.25) is 0 Å². The Bertz CT molecular complexity index is 178. The number of hydrogen-bond acceptors (Lipinski definition) is 2. The molecule has 0 fully saturated rings. The summed E-state index contributed by atoms with van der Waals surface area (Å²) in [5, 5.41) is 0. The average Bonchev–Trinajstić information content (AvgIpc) is 1.91. The van der Waals surface area contributed by atoms with Crippen LogP contribution in [0.25, 0.3) is 0 Å². The number of anilines is 1. The lowest BCUT2D eigenvalue weighted by Crippen LogP contribution is -1.79. The summed E-state index contributed by atoms with van der Waals surface area (Å²) in [4.78, 5) is 7.04. The van der Waals surface area contributed by atoms with E-state index in [9.17, 15) is 0 Å². The highest BCUT2D eigenvalue weighted by Crippen LogP contribution is 1.95. The molecule has 1 aromatic rings. The van der Waals surface area contributed by atoms with E-state index in [0.29, 0.717) is 0 Å². The third-order valence-electron chi connectivity index (χ3n) is 0.800. The van der Waals surface area contributed by atoms with Crippen molar-refractivity contribution in [2.24, 2.45) is 0 Å². The second-order valence-electron chi connectivity index (χ2n) is 1.50. The molecular formula is C6H9NO2P+. The zero-order valence-corrected chi connectivity index (χ0v) is 6.32. The van der Waals surface area contributed by atoms with Gasteiger partial charge < -0.3 is 5.73 Å². The van der Waals surface area contributed by atoms with Crippen LogP contribution in [-0.2, 0) is 4.57 Å². The fourth-order valence-corrected chi connectivity index (χ4v) is 0.453. The van der Waals surface area contributed by atoms with E-state index >= 15 is 0 Å². The summed E-state index contributed by atoms with van der Waals surface area (Å²) in [6, 6.07) is 9.49. The van der Waals surface area contributed by atoms with Gasteiger partial charge in [0.05, 0.1) is 0 Å². The quantitative estimate of drug-likeness (QED) is 0.440. The molecule has 54 valence electrons. The van der Waals surface area contributed by atoms with Crippen LogP contribution in [0.3, 0.4) is 0 Å². The molecule has 0 saturated heterocycles. The van der Waals surface area contributed by atoms with E-state index in [1.807, 2.05) is 30.3 Å². The molecule has 0 radical (unpaired) electrons. The van der Waals surface area contributed by atoms with Crippen molar-refractivity contribution in [1.29, 1.82) is 0 Å². The van der Waals surface area contributed by atoms with Crippen LogP contribution < -0.4 is 5.73 Å². The van der Waals surface area contributed by atoms with Crippen molar-refractivity contribution in [2.75, 3.05) is 5.73 Å². The molecule has 3 nitrogen and oxygen atoms in total. The molecule has 0 amide bonds. The number of rotatable bonds is 0. The predicted molar refractivity (Wildman–Crippen MR) is 42.1 cm³/mol. The highest BCUT2D eigenvalue weighted by molar-refractivity contribution is 7.16. The minimum atomic E-state index is -1.17. The van der Waals surface area contributed by atoms with E-state index in [0.717, 1.165) is 5.69 Å². The van der Waals surface area contributed by atoms with Crippen LogP contribution in [0.4, 0.5) is 5.69 Å². The Hall–Kier alpha value is -0.920. The van der Waals surface area contributed by atoms with Crippen molar-refractivity contribution in [1.82, 2.24) is 0 Å². The molecule has 0 heterocycles. The standard InChI is InChI=1S/C6H7N.HO2P/c7-6-4-2-1-3-5-6;1-3-2/h1-5H,7H2;3H/p+1. The average molecular weight is 158 g/mol. The van der Waals surface area contributed by atoms with Crippen molar-refractivity contribution >= 4 is 14.4 Å². The third kappa shape index (κ3) is 5.22. The van der Waals surface area contributed by atoms with Crippen LogP contribution in [0.1, 0.15) is 0 Å². The Morgan fingerprint density at radius 1 is 1.30 bits per heavy atom. The lowest BCUT2D eigenvalue weighted by atomic mass is 10.3. The lowest BCUT2D eigenvalue weighted by molar-refractivity contribution is 0.524. The summed E-state index contributed by atoms with van der Waals surface area (Å²) in [6.45, 7) is 0. The van der Waals surface area contributed by atoms with Crippen LogP contribution in [0.5, 0.6) is 0 Å². The lowest BCUT2D eigenvalue weighted by Gasteiger charge is -1.83. The van der Waals surface area contributed by atoms with Crippen molar-refractivity contribution < 1.29 is 9.46 Å². The molecule has 4 heteroatoms. The number of para-hydroxylation sites is 1. The van der Waals surface area contributed by atoms with E-state index in [1.165, 1.54) is 0 Å². The van der Waals surface area contributed by atoms with E-state index in [4.69, 9.17) is 15.2 Å². The zero-order valence-electron chi connectivity index (χ0n) is 5.32. The van der Waals surface area contributed by atoms with Gasteiger partial charge in [-0.3, -0.25) is 0 Å². The second-order valence-corrected chi connectivity index (χ2v) is 1.68. The van der Waals surface area contributed by atoms with Crippen LogP contribution in [0.2, 0.25) is 0 Å². The van der Waals surface area contributed by atoms with E-state index < -0.39 is 8.69 Å². The van der Waals surface area contributed by atoms with Gasteiger partial charge in [-0.05, 0) is 16.7 Å². The molecule has 0 aliphatic rings. The van der Waals surface area contributed by atoms with Crippen molar-refractivity contribution in [2.45, 2.75) is 0 Å². The SMILES string of the molecule is Nc1ccccc1.O=[PH+]O. The minimum Gasteiger partial charge on any atom is -0.399 e. The highest BCUT2D eigenvalue weighted by atomic mass is 31.1. The summed E-state index contributed by atoms with van der Waals surface area (Å²) in [5.41, 5.74) is 6.18. The van der Waals surface area contributed by atoms with Gasteiger partial charge in [-0.15, -0.1) is 0 Å². The molecule has 1 rings (SSSR count). The van der Waals surface area contributed by atoms with E-state index in [1.54, 1.807) is 0 Å². The van der Waals surface area contributed by atoms with Crippen molar-refractivity contribution in [3.63, 3.8) is 0 Å². The molecule has 0 saturated carbocycles. The predicted octanol–water partition coefficient (Wildman–Crippen LogP) is 1.19. The third-order valence-corrected chi connectivity index (χ3v) is 0.800. The van der Waals surface area contributed by atoms with Gasteiger partial charge >= 0.3 is 8.69 Å². The van der Waals surface area contributed by atoms with Crippen LogP contribution in [0, 0.1) is 0 Å². The van der Waals surface area contributed by atoms with Gasteiger partial charge in [-0.25, -0.2) is 0 Å². The van der Waals surface area contributed by atoms with Gasteiger partial charge in [0.15, 0.2) is 0 Å². The maximum atomic E-state index is 8.51. The Morgan fingerprint density at radius 3 is 1.90 bits per heavy atom. The first-order chi connectivity index (χ1) is 4.81. The topological polar surface area (TPSA) is 63.3 Å². The van der Waals surface area contributed by atoms with Gasteiger partial charge in [0.1, 0.15) is 0 Å². The fraction of sp³-hybridized carbons (Fsp3) is 0. The van der Waals surface area contributed by atoms with Gasteiger partial charge in [0.25, 0.3) is 0 Å². The molecule has 1 atom stereocenters. The molecule has 1 aromatic carbocycles. The fourth-order valence-electron chi connectivity index (χ4n) is 0.453. The van der Waals surface area contributed by atoms with E-state index in [2.05, 4.69) is 0 Å². The summed E-state index contributed by atoms with van der Waals surface area (Å²) in [7, 11) is -1.17. The number of nitrogen functional groups attached to an aromatic ring is 1. The smallest absolute Gasteiger partial charge is 0.399 e. The molecule has 10 heavy (non-hydrogen) atoms. The number of benzene rings is 1. The molecule has 0 aliphatic carbocycles.